The van der Waals surface area contributed by atoms with E-state index in [2.05, 4.69) is 41.4 Å². The van der Waals surface area contributed by atoms with Crippen LogP contribution in [0.2, 0.25) is 0 Å². The lowest BCUT2D eigenvalue weighted by Crippen LogP contribution is -2.46. The van der Waals surface area contributed by atoms with Gasteiger partial charge in [0, 0.05) is 52.4 Å². The van der Waals surface area contributed by atoms with Crippen molar-refractivity contribution in [3.8, 4) is 0 Å². The Morgan fingerprint density at radius 3 is 2.54 bits per heavy atom. The minimum absolute atomic E-state index is 0.145. The summed E-state index contributed by atoms with van der Waals surface area (Å²) in [6, 6.07) is 0. The SMILES string of the molecule is CCNC(=NCCc1c(C)nn(C)c1C)N1CCC(CC(=O)NC)CC1. The number of piperidine rings is 1. The third kappa shape index (κ3) is 5.22. The van der Waals surface area contributed by atoms with Gasteiger partial charge in [-0.2, -0.15) is 5.10 Å². The quantitative estimate of drug-likeness (QED) is 0.592. The molecule has 1 aliphatic rings. The molecule has 1 fully saturated rings. The minimum Gasteiger partial charge on any atom is -0.359 e. The summed E-state index contributed by atoms with van der Waals surface area (Å²) in [6.07, 6.45) is 3.63. The van der Waals surface area contributed by atoms with Crippen molar-refractivity contribution in [2.45, 2.75) is 46.5 Å². The first kappa shape index (κ1) is 20.3. The van der Waals surface area contributed by atoms with Crippen LogP contribution in [-0.4, -0.2) is 59.8 Å². The summed E-state index contributed by atoms with van der Waals surface area (Å²) >= 11 is 0. The molecule has 1 aromatic rings. The zero-order chi connectivity index (χ0) is 19.1. The average molecular weight is 363 g/mol. The zero-order valence-corrected chi connectivity index (χ0v) is 16.9. The number of hydrogen-bond donors (Lipinski definition) is 2. The summed E-state index contributed by atoms with van der Waals surface area (Å²) in [4.78, 5) is 18.7. The molecule has 1 saturated heterocycles. The van der Waals surface area contributed by atoms with Gasteiger partial charge in [0.05, 0.1) is 5.69 Å². The number of aryl methyl sites for hydroxylation is 2. The van der Waals surface area contributed by atoms with Crippen molar-refractivity contribution in [1.29, 1.82) is 0 Å². The van der Waals surface area contributed by atoms with Crippen molar-refractivity contribution in [3.63, 3.8) is 0 Å². The molecule has 0 spiro atoms. The molecule has 0 bridgehead atoms. The van der Waals surface area contributed by atoms with Crippen molar-refractivity contribution in [2.24, 2.45) is 18.0 Å². The monoisotopic (exact) mass is 362 g/mol. The van der Waals surface area contributed by atoms with Crippen molar-refractivity contribution in [3.05, 3.63) is 17.0 Å². The van der Waals surface area contributed by atoms with E-state index in [0.29, 0.717) is 12.3 Å². The molecule has 0 atom stereocenters. The van der Waals surface area contributed by atoms with Crippen molar-refractivity contribution in [1.82, 2.24) is 25.3 Å². The van der Waals surface area contributed by atoms with E-state index < -0.39 is 0 Å². The summed E-state index contributed by atoms with van der Waals surface area (Å²) in [6.45, 7) is 9.81. The number of rotatable bonds is 6. The lowest BCUT2D eigenvalue weighted by Gasteiger charge is -2.34. The Morgan fingerprint density at radius 2 is 2.00 bits per heavy atom. The van der Waals surface area contributed by atoms with Gasteiger partial charge in [-0.05, 0) is 51.5 Å². The predicted octanol–water partition coefficient (Wildman–Crippen LogP) is 1.39. The number of nitrogens with zero attached hydrogens (tertiary/aromatic N) is 4. The van der Waals surface area contributed by atoms with E-state index in [9.17, 15) is 4.79 Å². The largest absolute Gasteiger partial charge is 0.359 e. The molecule has 7 heteroatoms. The highest BCUT2D eigenvalue weighted by Crippen LogP contribution is 2.20. The Bertz CT molecular complexity index is 628. The highest BCUT2D eigenvalue weighted by atomic mass is 16.1. The molecule has 2 rings (SSSR count). The molecule has 146 valence electrons. The fraction of sp³-hybridized carbons (Fsp3) is 0.737. The topological polar surface area (TPSA) is 74.5 Å². The molecule has 0 unspecified atom stereocenters. The third-order valence-electron chi connectivity index (χ3n) is 5.28. The first-order chi connectivity index (χ1) is 12.5. The van der Waals surface area contributed by atoms with Crippen molar-refractivity contribution in [2.75, 3.05) is 33.2 Å². The van der Waals surface area contributed by atoms with E-state index >= 15 is 0 Å². The predicted molar refractivity (Wildman–Crippen MR) is 105 cm³/mol. The molecule has 0 aromatic carbocycles. The molecular formula is C19H34N6O. The van der Waals surface area contributed by atoms with Crippen LogP contribution in [0.3, 0.4) is 0 Å². The van der Waals surface area contributed by atoms with Crippen LogP contribution in [0.1, 0.15) is 43.1 Å². The number of amides is 1. The van der Waals surface area contributed by atoms with Gasteiger partial charge in [-0.3, -0.25) is 14.5 Å². The van der Waals surface area contributed by atoms with Gasteiger partial charge in [-0.1, -0.05) is 0 Å². The number of carbonyl (C=O) groups is 1. The maximum absolute atomic E-state index is 11.6. The molecule has 1 aliphatic heterocycles. The normalized spacial score (nSPS) is 16.0. The van der Waals surface area contributed by atoms with Crippen LogP contribution < -0.4 is 10.6 Å². The average Bonchev–Trinajstić information content (AvgIpc) is 2.87. The molecule has 2 heterocycles. The molecular weight excluding hydrogens is 328 g/mol. The van der Waals surface area contributed by atoms with Crippen LogP contribution in [-0.2, 0) is 18.3 Å². The summed E-state index contributed by atoms with van der Waals surface area (Å²) in [5.41, 5.74) is 3.62. The summed E-state index contributed by atoms with van der Waals surface area (Å²) in [5, 5.41) is 10.6. The number of carbonyl (C=O) groups excluding carboxylic acids is 1. The number of aliphatic imine (C=N–C) groups is 1. The van der Waals surface area contributed by atoms with Crippen molar-refractivity contribution < 1.29 is 4.79 Å². The number of nitrogens with one attached hydrogen (secondary N) is 2. The summed E-state index contributed by atoms with van der Waals surface area (Å²) < 4.78 is 1.94. The van der Waals surface area contributed by atoms with Gasteiger partial charge in [0.15, 0.2) is 5.96 Å². The summed E-state index contributed by atoms with van der Waals surface area (Å²) in [5.74, 6) is 1.62. The molecule has 1 amide bonds. The lowest BCUT2D eigenvalue weighted by molar-refractivity contribution is -0.121. The van der Waals surface area contributed by atoms with Gasteiger partial charge in [0.1, 0.15) is 0 Å². The van der Waals surface area contributed by atoms with Crippen LogP contribution in [0, 0.1) is 19.8 Å². The highest BCUT2D eigenvalue weighted by Gasteiger charge is 2.23. The van der Waals surface area contributed by atoms with Crippen molar-refractivity contribution >= 4 is 11.9 Å². The maximum atomic E-state index is 11.6. The van der Waals surface area contributed by atoms with Gasteiger partial charge in [-0.25, -0.2) is 0 Å². The Labute approximate surface area is 157 Å². The first-order valence-corrected chi connectivity index (χ1v) is 9.69. The van der Waals surface area contributed by atoms with Gasteiger partial charge >= 0.3 is 0 Å². The molecule has 0 saturated carbocycles. The second-order valence-electron chi connectivity index (χ2n) is 7.07. The van der Waals surface area contributed by atoms with Crippen LogP contribution in [0.4, 0.5) is 0 Å². The smallest absolute Gasteiger partial charge is 0.220 e. The van der Waals surface area contributed by atoms with Crippen LogP contribution >= 0.6 is 0 Å². The van der Waals surface area contributed by atoms with Crippen LogP contribution in [0.5, 0.6) is 0 Å². The highest BCUT2D eigenvalue weighted by molar-refractivity contribution is 5.80. The molecule has 1 aromatic heterocycles. The molecule has 7 nitrogen and oxygen atoms in total. The lowest BCUT2D eigenvalue weighted by atomic mass is 9.93. The summed E-state index contributed by atoms with van der Waals surface area (Å²) in [7, 11) is 3.70. The molecule has 26 heavy (non-hydrogen) atoms. The fourth-order valence-corrected chi connectivity index (χ4v) is 3.59. The van der Waals surface area contributed by atoms with Gasteiger partial charge in [0.25, 0.3) is 0 Å². The molecule has 2 N–H and O–H groups in total. The Balaban J connectivity index is 1.92. The fourth-order valence-electron chi connectivity index (χ4n) is 3.59. The van der Waals surface area contributed by atoms with Crippen LogP contribution in [0.25, 0.3) is 0 Å². The number of aromatic nitrogens is 2. The first-order valence-electron chi connectivity index (χ1n) is 9.69. The Hall–Kier alpha value is -2.05. The van der Waals surface area contributed by atoms with E-state index in [1.54, 1.807) is 7.05 Å². The van der Waals surface area contributed by atoms with E-state index in [0.717, 1.165) is 57.1 Å². The maximum Gasteiger partial charge on any atom is 0.220 e. The van der Waals surface area contributed by atoms with E-state index in [4.69, 9.17) is 4.99 Å². The van der Waals surface area contributed by atoms with Gasteiger partial charge in [-0.15, -0.1) is 0 Å². The molecule has 0 radical (unpaired) electrons. The van der Waals surface area contributed by atoms with E-state index in [1.165, 1.54) is 11.3 Å². The Kier molecular flexibility index (Phi) is 7.48. The number of hydrogen-bond acceptors (Lipinski definition) is 3. The number of likely N-dealkylation sites (tertiary alicyclic amines) is 1. The second kappa shape index (κ2) is 9.59. The minimum atomic E-state index is 0.145. The standard InChI is InChI=1S/C19H34N6O/c1-6-21-19(22-10-7-17-14(2)23-24(5)15(17)3)25-11-8-16(9-12-25)13-18(26)20-4/h16H,6-13H2,1-5H3,(H,20,26)(H,21,22). The van der Waals surface area contributed by atoms with Crippen LogP contribution in [0.15, 0.2) is 4.99 Å². The van der Waals surface area contributed by atoms with E-state index in [1.807, 2.05) is 11.7 Å². The van der Waals surface area contributed by atoms with Gasteiger partial charge in [0.2, 0.25) is 5.91 Å². The Morgan fingerprint density at radius 1 is 1.31 bits per heavy atom. The third-order valence-corrected chi connectivity index (χ3v) is 5.28. The van der Waals surface area contributed by atoms with Gasteiger partial charge < -0.3 is 15.5 Å². The number of guanidine groups is 1. The zero-order valence-electron chi connectivity index (χ0n) is 16.9. The molecule has 0 aliphatic carbocycles. The second-order valence-corrected chi connectivity index (χ2v) is 7.07. The van der Waals surface area contributed by atoms with E-state index in [-0.39, 0.29) is 5.91 Å².